The molecule has 2 heterocycles. The van der Waals surface area contributed by atoms with E-state index in [0.29, 0.717) is 29.0 Å². The minimum Gasteiger partial charge on any atom is -0.462 e. The lowest BCUT2D eigenvalue weighted by molar-refractivity contribution is 0.0528. The Balaban J connectivity index is 1.87. The predicted octanol–water partition coefficient (Wildman–Crippen LogP) is 5.97. The van der Waals surface area contributed by atoms with Gasteiger partial charge in [0.2, 0.25) is 5.78 Å². The van der Waals surface area contributed by atoms with Crippen molar-refractivity contribution in [2.75, 3.05) is 6.61 Å². The summed E-state index contributed by atoms with van der Waals surface area (Å²) in [6, 6.07) is 25.2. The molecule has 5 nitrogen and oxygen atoms in total. The van der Waals surface area contributed by atoms with E-state index in [1.54, 1.807) is 25.1 Å². The van der Waals surface area contributed by atoms with Crippen LogP contribution in [-0.2, 0) is 11.3 Å². The van der Waals surface area contributed by atoms with Crippen LogP contribution in [0.4, 0.5) is 0 Å². The molecule has 2 aromatic heterocycles. The molecule has 5 heteroatoms. The van der Waals surface area contributed by atoms with E-state index in [2.05, 4.69) is 42.7 Å². The van der Waals surface area contributed by atoms with E-state index in [-0.39, 0.29) is 12.4 Å². The summed E-state index contributed by atoms with van der Waals surface area (Å²) in [5.41, 5.74) is 7.32. The first-order valence-electron chi connectivity index (χ1n) is 11.4. The number of aromatic nitrogens is 2. The third kappa shape index (κ3) is 3.59. The number of benzene rings is 3. The number of hydrogen-bond donors (Lipinski definition) is 0. The van der Waals surface area contributed by atoms with Crippen LogP contribution in [0.2, 0.25) is 0 Å². The van der Waals surface area contributed by atoms with Gasteiger partial charge in [-0.25, -0.2) is 4.79 Å². The van der Waals surface area contributed by atoms with E-state index in [9.17, 15) is 9.59 Å². The highest BCUT2D eigenvalue weighted by molar-refractivity contribution is 6.12. The second-order valence-electron chi connectivity index (χ2n) is 8.51. The van der Waals surface area contributed by atoms with Gasteiger partial charge in [0.1, 0.15) is 11.2 Å². The average Bonchev–Trinajstić information content (AvgIpc) is 3.37. The van der Waals surface area contributed by atoms with E-state index in [0.717, 1.165) is 27.7 Å². The summed E-state index contributed by atoms with van der Waals surface area (Å²) in [6.07, 6.45) is 0. The van der Waals surface area contributed by atoms with Gasteiger partial charge in [0.15, 0.2) is 0 Å². The SMILES string of the molecule is CCOC(=O)c1cc(C(=O)c2ccccc2)n2c3cc(C)c(C)cc3n(Cc3ccccc3)c12. The number of ether oxygens (including phenoxy) is 1. The molecule has 0 atom stereocenters. The highest BCUT2D eigenvalue weighted by Gasteiger charge is 2.27. The first kappa shape index (κ1) is 21.7. The predicted molar refractivity (Wildman–Crippen MR) is 134 cm³/mol. The van der Waals surface area contributed by atoms with Gasteiger partial charge in [-0.05, 0) is 55.7 Å². The molecule has 170 valence electrons. The van der Waals surface area contributed by atoms with Crippen molar-refractivity contribution in [2.24, 2.45) is 0 Å². The molecule has 0 fully saturated rings. The number of aryl methyl sites for hydroxylation is 2. The van der Waals surface area contributed by atoms with Crippen molar-refractivity contribution in [1.82, 2.24) is 8.97 Å². The Morgan fingerprint density at radius 2 is 1.44 bits per heavy atom. The van der Waals surface area contributed by atoms with E-state index < -0.39 is 5.97 Å². The van der Waals surface area contributed by atoms with Crippen molar-refractivity contribution in [3.8, 4) is 0 Å². The molecule has 0 aliphatic rings. The Morgan fingerprint density at radius 3 is 2.09 bits per heavy atom. The number of esters is 1. The molecule has 5 rings (SSSR count). The minimum absolute atomic E-state index is 0.136. The average molecular weight is 451 g/mol. The Bertz CT molecular complexity index is 1530. The highest BCUT2D eigenvalue weighted by atomic mass is 16.5. The molecule has 0 bridgehead atoms. The lowest BCUT2D eigenvalue weighted by Gasteiger charge is -2.09. The molecule has 0 amide bonds. The van der Waals surface area contributed by atoms with Crippen molar-refractivity contribution < 1.29 is 14.3 Å². The van der Waals surface area contributed by atoms with Crippen LogP contribution in [0, 0.1) is 13.8 Å². The van der Waals surface area contributed by atoms with Gasteiger partial charge >= 0.3 is 5.97 Å². The molecule has 0 spiro atoms. The van der Waals surface area contributed by atoms with Crippen LogP contribution in [0.1, 0.15) is 50.0 Å². The van der Waals surface area contributed by atoms with Crippen molar-refractivity contribution >= 4 is 28.4 Å². The van der Waals surface area contributed by atoms with Gasteiger partial charge in [-0.1, -0.05) is 60.7 Å². The van der Waals surface area contributed by atoms with Crippen molar-refractivity contribution in [2.45, 2.75) is 27.3 Å². The molecule has 0 N–H and O–H groups in total. The van der Waals surface area contributed by atoms with Crippen LogP contribution in [0.5, 0.6) is 0 Å². The number of nitrogens with zero attached hydrogens (tertiary/aromatic N) is 2. The number of fused-ring (bicyclic) bond motifs is 3. The zero-order chi connectivity index (χ0) is 23.8. The Hall–Kier alpha value is -4.12. The van der Waals surface area contributed by atoms with Gasteiger partial charge in [-0.15, -0.1) is 0 Å². The van der Waals surface area contributed by atoms with Crippen molar-refractivity contribution in [3.05, 3.63) is 112 Å². The number of carbonyl (C=O) groups excluding carboxylic acids is 2. The van der Waals surface area contributed by atoms with Crippen LogP contribution in [0.25, 0.3) is 16.7 Å². The molecule has 0 aliphatic carbocycles. The number of rotatable bonds is 6. The fraction of sp³-hybridized carbons (Fsp3) is 0.172. The van der Waals surface area contributed by atoms with Gasteiger partial charge in [0, 0.05) is 12.1 Å². The number of carbonyl (C=O) groups is 2. The maximum absolute atomic E-state index is 13.6. The smallest absolute Gasteiger partial charge is 0.341 e. The third-order valence-corrected chi connectivity index (χ3v) is 6.30. The molecule has 3 aromatic carbocycles. The standard InChI is InChI=1S/C29H26N2O3/c1-4-34-29(33)23-17-26(27(32)22-13-9-6-10-14-22)31-25-16-20(3)19(2)15-24(25)30(28(23)31)18-21-11-7-5-8-12-21/h5-17H,4,18H2,1-3H3. The quantitative estimate of drug-likeness (QED) is 0.237. The first-order chi connectivity index (χ1) is 16.5. The Morgan fingerprint density at radius 1 is 0.824 bits per heavy atom. The first-order valence-corrected chi connectivity index (χ1v) is 11.4. The van der Waals surface area contributed by atoms with E-state index in [4.69, 9.17) is 4.74 Å². The number of hydrogen-bond acceptors (Lipinski definition) is 3. The maximum Gasteiger partial charge on any atom is 0.341 e. The zero-order valence-corrected chi connectivity index (χ0v) is 19.5. The Kier molecular flexibility index (Phi) is 5.54. The summed E-state index contributed by atoms with van der Waals surface area (Å²) in [6.45, 7) is 6.74. The van der Waals surface area contributed by atoms with Crippen LogP contribution in [0.15, 0.2) is 78.9 Å². The largest absolute Gasteiger partial charge is 0.462 e. The zero-order valence-electron chi connectivity index (χ0n) is 19.5. The molecule has 0 unspecified atom stereocenters. The molecule has 0 radical (unpaired) electrons. The summed E-state index contributed by atoms with van der Waals surface area (Å²) in [7, 11) is 0. The molecule has 0 saturated carbocycles. The number of imidazole rings is 1. The normalized spacial score (nSPS) is 11.3. The summed E-state index contributed by atoms with van der Waals surface area (Å²) in [4.78, 5) is 26.7. The van der Waals surface area contributed by atoms with Gasteiger partial charge < -0.3 is 9.30 Å². The third-order valence-electron chi connectivity index (χ3n) is 6.30. The minimum atomic E-state index is -0.433. The van der Waals surface area contributed by atoms with Crippen LogP contribution < -0.4 is 0 Å². The second-order valence-corrected chi connectivity index (χ2v) is 8.51. The maximum atomic E-state index is 13.6. The molecule has 0 saturated heterocycles. The van der Waals surface area contributed by atoms with Crippen molar-refractivity contribution in [3.63, 3.8) is 0 Å². The molecular formula is C29H26N2O3. The van der Waals surface area contributed by atoms with Gasteiger partial charge in [-0.3, -0.25) is 9.20 Å². The molecule has 34 heavy (non-hydrogen) atoms. The van der Waals surface area contributed by atoms with Crippen molar-refractivity contribution in [1.29, 1.82) is 0 Å². The lowest BCUT2D eigenvalue weighted by Crippen LogP contribution is -2.07. The number of ketones is 1. The molecule has 0 aliphatic heterocycles. The topological polar surface area (TPSA) is 52.7 Å². The van der Waals surface area contributed by atoms with E-state index in [1.807, 2.05) is 40.8 Å². The Labute approximate surface area is 198 Å². The summed E-state index contributed by atoms with van der Waals surface area (Å²) < 4.78 is 9.45. The summed E-state index contributed by atoms with van der Waals surface area (Å²) in [5, 5.41) is 0. The monoisotopic (exact) mass is 450 g/mol. The fourth-order valence-corrected chi connectivity index (χ4v) is 4.50. The molecule has 5 aromatic rings. The van der Waals surface area contributed by atoms with Gasteiger partial charge in [0.05, 0.1) is 23.3 Å². The lowest BCUT2D eigenvalue weighted by atomic mass is 10.1. The van der Waals surface area contributed by atoms with E-state index in [1.165, 1.54) is 0 Å². The van der Waals surface area contributed by atoms with Crippen LogP contribution >= 0.6 is 0 Å². The van der Waals surface area contributed by atoms with E-state index >= 15 is 0 Å². The van der Waals surface area contributed by atoms with Crippen LogP contribution in [0.3, 0.4) is 0 Å². The van der Waals surface area contributed by atoms with Gasteiger partial charge in [-0.2, -0.15) is 0 Å². The van der Waals surface area contributed by atoms with Gasteiger partial charge in [0.25, 0.3) is 0 Å². The summed E-state index contributed by atoms with van der Waals surface area (Å²) >= 11 is 0. The second kappa shape index (κ2) is 8.67. The fourth-order valence-electron chi connectivity index (χ4n) is 4.50. The van der Waals surface area contributed by atoms with Crippen LogP contribution in [-0.4, -0.2) is 27.3 Å². The summed E-state index contributed by atoms with van der Waals surface area (Å²) in [5.74, 6) is -0.569. The highest BCUT2D eigenvalue weighted by Crippen LogP contribution is 2.32. The molecular weight excluding hydrogens is 424 g/mol.